The Kier molecular flexibility index (Phi) is 2.78. The molecule has 0 atom stereocenters. The number of hydrogen-bond acceptors (Lipinski definition) is 3. The fourth-order valence-electron chi connectivity index (χ4n) is 2.79. The van der Waals surface area contributed by atoms with E-state index in [-0.39, 0.29) is 5.69 Å². The average molecular weight is 272 g/mol. The Morgan fingerprint density at radius 3 is 2.75 bits per heavy atom. The number of carboxylic acid groups (broad SMARTS) is 1. The molecule has 1 N–H and O–H groups in total. The summed E-state index contributed by atoms with van der Waals surface area (Å²) < 4.78 is 7.28. The van der Waals surface area contributed by atoms with Gasteiger partial charge in [-0.15, -0.1) is 0 Å². The van der Waals surface area contributed by atoms with Gasteiger partial charge in [0.25, 0.3) is 0 Å². The second-order valence-corrected chi connectivity index (χ2v) is 5.11. The molecule has 0 aliphatic carbocycles. The lowest BCUT2D eigenvalue weighted by Crippen LogP contribution is -2.10. The van der Waals surface area contributed by atoms with Gasteiger partial charge in [0.2, 0.25) is 0 Å². The average Bonchev–Trinajstić information content (AvgIpc) is 2.58. The first-order valence-electron chi connectivity index (χ1n) is 6.53. The number of aromatic carboxylic acids is 1. The van der Waals surface area contributed by atoms with Gasteiger partial charge in [-0.1, -0.05) is 12.1 Å². The number of rotatable bonds is 1. The number of carbonyl (C=O) groups is 1. The summed E-state index contributed by atoms with van der Waals surface area (Å²) in [5.41, 5.74) is 4.74. The Bertz CT molecular complexity index is 716. The molecule has 1 aliphatic rings. The summed E-state index contributed by atoms with van der Waals surface area (Å²) >= 11 is 0. The Morgan fingerprint density at radius 1 is 1.35 bits per heavy atom. The van der Waals surface area contributed by atoms with Crippen LogP contribution in [-0.4, -0.2) is 27.5 Å². The number of aromatic nitrogens is 2. The Labute approximate surface area is 116 Å². The van der Waals surface area contributed by atoms with Crippen molar-refractivity contribution < 1.29 is 14.6 Å². The van der Waals surface area contributed by atoms with Crippen molar-refractivity contribution in [1.82, 2.24) is 9.78 Å². The van der Waals surface area contributed by atoms with E-state index in [1.165, 1.54) is 4.68 Å². The van der Waals surface area contributed by atoms with Gasteiger partial charge in [-0.2, -0.15) is 5.10 Å². The van der Waals surface area contributed by atoms with E-state index in [4.69, 9.17) is 4.74 Å². The lowest BCUT2D eigenvalue weighted by atomic mass is 9.97. The third-order valence-electron chi connectivity index (χ3n) is 3.75. The Balaban J connectivity index is 2.36. The molecule has 5 nitrogen and oxygen atoms in total. The molecular formula is C15H16N2O3. The van der Waals surface area contributed by atoms with Gasteiger partial charge in [0.15, 0.2) is 0 Å². The number of carboxylic acids is 1. The van der Waals surface area contributed by atoms with Crippen molar-refractivity contribution in [2.24, 2.45) is 7.05 Å². The summed E-state index contributed by atoms with van der Waals surface area (Å²) in [5.74, 6) is -0.131. The monoisotopic (exact) mass is 272 g/mol. The van der Waals surface area contributed by atoms with E-state index in [1.807, 2.05) is 26.0 Å². The van der Waals surface area contributed by atoms with Crippen LogP contribution in [0.25, 0.3) is 11.3 Å². The predicted octanol–water partition coefficient (Wildman–Crippen LogP) is 2.34. The molecule has 0 saturated carbocycles. The molecule has 0 fully saturated rings. The van der Waals surface area contributed by atoms with E-state index in [0.29, 0.717) is 13.0 Å². The largest absolute Gasteiger partial charge is 0.492 e. The Hall–Kier alpha value is -2.30. The van der Waals surface area contributed by atoms with Crippen LogP contribution in [0, 0.1) is 13.8 Å². The molecule has 1 aliphatic heterocycles. The summed E-state index contributed by atoms with van der Waals surface area (Å²) in [6.45, 7) is 4.45. The number of nitrogens with zero attached hydrogens (tertiary/aromatic N) is 2. The highest BCUT2D eigenvalue weighted by atomic mass is 16.5. The molecular weight excluding hydrogens is 256 g/mol. The van der Waals surface area contributed by atoms with Crippen LogP contribution < -0.4 is 4.74 Å². The SMILES string of the molecule is Cc1ccc(C)c2c1OCCc1c-2nn(C)c1C(=O)O. The number of benzene rings is 1. The van der Waals surface area contributed by atoms with E-state index in [9.17, 15) is 9.90 Å². The molecule has 0 saturated heterocycles. The molecule has 1 aromatic heterocycles. The number of fused-ring (bicyclic) bond motifs is 3. The highest BCUT2D eigenvalue weighted by Crippen LogP contribution is 2.40. The molecule has 2 aromatic rings. The molecule has 2 heterocycles. The van der Waals surface area contributed by atoms with Crippen LogP contribution in [0.3, 0.4) is 0 Å². The molecule has 104 valence electrons. The molecule has 3 rings (SSSR count). The summed E-state index contributed by atoms with van der Waals surface area (Å²) in [6, 6.07) is 4.03. The molecule has 0 spiro atoms. The second kappa shape index (κ2) is 4.37. The normalized spacial score (nSPS) is 13.2. The molecule has 0 unspecified atom stereocenters. The third-order valence-corrected chi connectivity index (χ3v) is 3.75. The highest BCUT2D eigenvalue weighted by Gasteiger charge is 2.28. The van der Waals surface area contributed by atoms with Gasteiger partial charge in [-0.05, 0) is 25.0 Å². The number of ether oxygens (including phenoxy) is 1. The predicted molar refractivity (Wildman–Crippen MR) is 74.3 cm³/mol. The van der Waals surface area contributed by atoms with Crippen LogP contribution in [0.15, 0.2) is 12.1 Å². The summed E-state index contributed by atoms with van der Waals surface area (Å²) in [4.78, 5) is 11.4. The number of aryl methyl sites for hydroxylation is 3. The lowest BCUT2D eigenvalue weighted by molar-refractivity contribution is 0.0683. The summed E-state index contributed by atoms with van der Waals surface area (Å²) in [6.07, 6.45) is 0.554. The highest BCUT2D eigenvalue weighted by molar-refractivity contribution is 5.91. The fourth-order valence-corrected chi connectivity index (χ4v) is 2.79. The van der Waals surface area contributed by atoms with Crippen molar-refractivity contribution in [2.75, 3.05) is 6.61 Å². The lowest BCUT2D eigenvalue weighted by Gasteiger charge is -2.12. The van der Waals surface area contributed by atoms with E-state index in [0.717, 1.165) is 33.7 Å². The van der Waals surface area contributed by atoms with Crippen molar-refractivity contribution in [3.8, 4) is 17.0 Å². The molecule has 5 heteroatoms. The van der Waals surface area contributed by atoms with Crippen molar-refractivity contribution in [3.05, 3.63) is 34.5 Å². The molecule has 0 bridgehead atoms. The van der Waals surface area contributed by atoms with E-state index in [1.54, 1.807) is 7.05 Å². The van der Waals surface area contributed by atoms with Gasteiger partial charge in [0, 0.05) is 24.6 Å². The van der Waals surface area contributed by atoms with Crippen molar-refractivity contribution >= 4 is 5.97 Å². The standard InChI is InChI=1S/C15H16N2O3/c1-8-4-5-9(2)14-11(8)12-10(6-7-20-14)13(15(18)19)17(3)16-12/h4-5H,6-7H2,1-3H3,(H,18,19). The van der Waals surface area contributed by atoms with Gasteiger partial charge < -0.3 is 9.84 Å². The molecule has 0 amide bonds. The van der Waals surface area contributed by atoms with Crippen molar-refractivity contribution in [1.29, 1.82) is 0 Å². The zero-order valence-electron chi connectivity index (χ0n) is 11.7. The maximum atomic E-state index is 11.4. The van der Waals surface area contributed by atoms with Crippen molar-refractivity contribution in [2.45, 2.75) is 20.3 Å². The summed E-state index contributed by atoms with van der Waals surface area (Å²) in [7, 11) is 1.67. The third kappa shape index (κ3) is 1.70. The molecule has 0 radical (unpaired) electrons. The van der Waals surface area contributed by atoms with Crippen LogP contribution in [0.2, 0.25) is 0 Å². The summed E-state index contributed by atoms with van der Waals surface area (Å²) in [5, 5.41) is 13.8. The minimum absolute atomic E-state index is 0.248. The zero-order valence-corrected chi connectivity index (χ0v) is 11.7. The van der Waals surface area contributed by atoms with Gasteiger partial charge in [0.1, 0.15) is 17.1 Å². The maximum Gasteiger partial charge on any atom is 0.354 e. The van der Waals surface area contributed by atoms with E-state index in [2.05, 4.69) is 5.10 Å². The van der Waals surface area contributed by atoms with Gasteiger partial charge in [-0.25, -0.2) is 4.79 Å². The van der Waals surface area contributed by atoms with Crippen LogP contribution in [0.1, 0.15) is 27.2 Å². The van der Waals surface area contributed by atoms with Crippen molar-refractivity contribution in [3.63, 3.8) is 0 Å². The first-order chi connectivity index (χ1) is 9.50. The number of hydrogen-bond donors (Lipinski definition) is 1. The molecule has 20 heavy (non-hydrogen) atoms. The Morgan fingerprint density at radius 2 is 2.05 bits per heavy atom. The smallest absolute Gasteiger partial charge is 0.354 e. The van der Waals surface area contributed by atoms with Gasteiger partial charge in [0.05, 0.1) is 6.61 Å². The van der Waals surface area contributed by atoms with Crippen LogP contribution >= 0.6 is 0 Å². The topological polar surface area (TPSA) is 64.4 Å². The minimum Gasteiger partial charge on any atom is -0.492 e. The fraction of sp³-hybridized carbons (Fsp3) is 0.333. The van der Waals surface area contributed by atoms with Crippen LogP contribution in [0.4, 0.5) is 0 Å². The van der Waals surface area contributed by atoms with Gasteiger partial charge in [-0.3, -0.25) is 4.68 Å². The molecule has 1 aromatic carbocycles. The second-order valence-electron chi connectivity index (χ2n) is 5.11. The first-order valence-corrected chi connectivity index (χ1v) is 6.53. The van der Waals surface area contributed by atoms with E-state index >= 15 is 0 Å². The quantitative estimate of drug-likeness (QED) is 0.865. The van der Waals surface area contributed by atoms with E-state index < -0.39 is 5.97 Å². The first kappa shape index (κ1) is 12.7. The minimum atomic E-state index is -0.949. The maximum absolute atomic E-state index is 11.4. The van der Waals surface area contributed by atoms with Crippen LogP contribution in [-0.2, 0) is 13.5 Å². The zero-order chi connectivity index (χ0) is 14.4. The van der Waals surface area contributed by atoms with Crippen LogP contribution in [0.5, 0.6) is 5.75 Å². The van der Waals surface area contributed by atoms with Gasteiger partial charge >= 0.3 is 5.97 Å².